The maximum atomic E-state index is 5.87. The van der Waals surface area contributed by atoms with Gasteiger partial charge in [-0.25, -0.2) is 0 Å². The number of piperazine rings is 1. The van der Waals surface area contributed by atoms with E-state index in [1.54, 1.807) is 0 Å². The van der Waals surface area contributed by atoms with Crippen molar-refractivity contribution < 1.29 is 0 Å². The lowest BCUT2D eigenvalue weighted by Crippen LogP contribution is -2.43. The van der Waals surface area contributed by atoms with Crippen LogP contribution < -0.4 is 10.2 Å². The summed E-state index contributed by atoms with van der Waals surface area (Å²) in [4.78, 5) is 2.48. The molecule has 2 bridgehead atoms. The van der Waals surface area contributed by atoms with Crippen molar-refractivity contribution >= 4 is 17.3 Å². The molecule has 14 heavy (non-hydrogen) atoms. The van der Waals surface area contributed by atoms with Gasteiger partial charge in [0, 0.05) is 35.9 Å². The smallest absolute Gasteiger partial charge is 0.0430 e. The molecule has 3 heteroatoms. The fourth-order valence-corrected chi connectivity index (χ4v) is 2.64. The van der Waals surface area contributed by atoms with Crippen LogP contribution in [0.4, 0.5) is 5.69 Å². The van der Waals surface area contributed by atoms with Gasteiger partial charge in [-0.15, -0.1) is 0 Å². The van der Waals surface area contributed by atoms with Crippen molar-refractivity contribution in [3.8, 4) is 0 Å². The number of rotatable bonds is 1. The number of hydrogen-bond donors (Lipinski definition) is 1. The highest BCUT2D eigenvalue weighted by molar-refractivity contribution is 6.30. The lowest BCUT2D eigenvalue weighted by Gasteiger charge is -2.29. The largest absolute Gasteiger partial charge is 0.366 e. The summed E-state index contributed by atoms with van der Waals surface area (Å²) >= 11 is 5.87. The SMILES string of the molecule is Clc1ccc(N2C[C@@H]3C[C@H]2CN3)cc1. The highest BCUT2D eigenvalue weighted by Gasteiger charge is 2.37. The highest BCUT2D eigenvalue weighted by Crippen LogP contribution is 2.29. The van der Waals surface area contributed by atoms with E-state index in [9.17, 15) is 0 Å². The Labute approximate surface area is 88.9 Å². The first-order valence-electron chi connectivity index (χ1n) is 5.08. The lowest BCUT2D eigenvalue weighted by atomic mass is 10.2. The molecule has 2 atom stereocenters. The van der Waals surface area contributed by atoms with E-state index in [-0.39, 0.29) is 0 Å². The number of benzene rings is 1. The number of anilines is 1. The van der Waals surface area contributed by atoms with E-state index >= 15 is 0 Å². The van der Waals surface area contributed by atoms with E-state index in [1.165, 1.54) is 12.1 Å². The Bertz CT molecular complexity index is 336. The first kappa shape index (κ1) is 8.57. The summed E-state index contributed by atoms with van der Waals surface area (Å²) < 4.78 is 0. The average molecular weight is 209 g/mol. The van der Waals surface area contributed by atoms with Crippen LogP contribution in [0, 0.1) is 0 Å². The third kappa shape index (κ3) is 1.30. The molecule has 74 valence electrons. The van der Waals surface area contributed by atoms with Crippen LogP contribution in [-0.2, 0) is 0 Å². The van der Waals surface area contributed by atoms with Crippen LogP contribution in [0.25, 0.3) is 0 Å². The summed E-state index contributed by atoms with van der Waals surface area (Å²) in [6.45, 7) is 2.28. The molecule has 0 amide bonds. The summed E-state index contributed by atoms with van der Waals surface area (Å²) in [7, 11) is 0. The molecule has 2 fully saturated rings. The molecule has 0 radical (unpaired) electrons. The van der Waals surface area contributed by atoms with Gasteiger partial charge in [0.05, 0.1) is 0 Å². The summed E-state index contributed by atoms with van der Waals surface area (Å²) in [6, 6.07) is 9.57. The fourth-order valence-electron chi connectivity index (χ4n) is 2.51. The quantitative estimate of drug-likeness (QED) is 0.759. The van der Waals surface area contributed by atoms with Gasteiger partial charge in [0.1, 0.15) is 0 Å². The minimum absolute atomic E-state index is 0.696. The van der Waals surface area contributed by atoms with Crippen LogP contribution in [0.15, 0.2) is 24.3 Å². The molecule has 1 N–H and O–H groups in total. The first-order valence-corrected chi connectivity index (χ1v) is 5.46. The van der Waals surface area contributed by atoms with Crippen LogP contribution in [0.1, 0.15) is 6.42 Å². The molecule has 2 aliphatic heterocycles. The number of halogens is 1. The Morgan fingerprint density at radius 1 is 1.29 bits per heavy atom. The van der Waals surface area contributed by atoms with Crippen molar-refractivity contribution in [1.82, 2.24) is 5.32 Å². The van der Waals surface area contributed by atoms with Gasteiger partial charge in [0.2, 0.25) is 0 Å². The maximum Gasteiger partial charge on any atom is 0.0430 e. The van der Waals surface area contributed by atoms with Gasteiger partial charge in [0.15, 0.2) is 0 Å². The van der Waals surface area contributed by atoms with Gasteiger partial charge in [-0.2, -0.15) is 0 Å². The van der Waals surface area contributed by atoms with Gasteiger partial charge in [-0.1, -0.05) is 11.6 Å². The molecule has 0 aromatic heterocycles. The minimum Gasteiger partial charge on any atom is -0.366 e. The summed E-state index contributed by atoms with van der Waals surface area (Å²) in [6.07, 6.45) is 1.29. The Balaban J connectivity index is 1.86. The summed E-state index contributed by atoms with van der Waals surface area (Å²) in [5.74, 6) is 0. The third-order valence-electron chi connectivity index (χ3n) is 3.21. The van der Waals surface area contributed by atoms with E-state index in [4.69, 9.17) is 11.6 Å². The van der Waals surface area contributed by atoms with Crippen LogP contribution in [0.5, 0.6) is 0 Å². The zero-order chi connectivity index (χ0) is 9.54. The second-order valence-electron chi connectivity index (χ2n) is 4.12. The average Bonchev–Trinajstić information content (AvgIpc) is 2.80. The molecule has 1 aromatic rings. The fraction of sp³-hybridized carbons (Fsp3) is 0.455. The van der Waals surface area contributed by atoms with Gasteiger partial charge in [0.25, 0.3) is 0 Å². The molecule has 2 nitrogen and oxygen atoms in total. The number of nitrogens with zero attached hydrogens (tertiary/aromatic N) is 1. The van der Waals surface area contributed by atoms with Crippen LogP contribution in [0.2, 0.25) is 5.02 Å². The van der Waals surface area contributed by atoms with E-state index in [0.717, 1.165) is 18.1 Å². The molecule has 0 aliphatic carbocycles. The Hall–Kier alpha value is -0.730. The van der Waals surface area contributed by atoms with Crippen molar-refractivity contribution in [1.29, 1.82) is 0 Å². The predicted molar refractivity (Wildman–Crippen MR) is 59.0 cm³/mol. The lowest BCUT2D eigenvalue weighted by molar-refractivity contribution is 0.580. The van der Waals surface area contributed by atoms with Crippen molar-refractivity contribution in [2.24, 2.45) is 0 Å². The highest BCUT2D eigenvalue weighted by atomic mass is 35.5. The number of nitrogens with one attached hydrogen (secondary N) is 1. The van der Waals surface area contributed by atoms with Crippen LogP contribution >= 0.6 is 11.6 Å². The van der Waals surface area contributed by atoms with Crippen LogP contribution in [-0.4, -0.2) is 25.2 Å². The van der Waals surface area contributed by atoms with Crippen molar-refractivity contribution in [2.45, 2.75) is 18.5 Å². The monoisotopic (exact) mass is 208 g/mol. The first-order chi connectivity index (χ1) is 6.83. The minimum atomic E-state index is 0.696. The van der Waals surface area contributed by atoms with Crippen LogP contribution in [0.3, 0.4) is 0 Å². The molecule has 1 aromatic carbocycles. The van der Waals surface area contributed by atoms with E-state index in [0.29, 0.717) is 12.1 Å². The third-order valence-corrected chi connectivity index (χ3v) is 3.47. The van der Waals surface area contributed by atoms with Gasteiger partial charge >= 0.3 is 0 Å². The Kier molecular flexibility index (Phi) is 1.92. The molecule has 3 rings (SSSR count). The zero-order valence-corrected chi connectivity index (χ0v) is 8.67. The molecule has 2 aliphatic rings. The molecule has 2 heterocycles. The second kappa shape index (κ2) is 3.14. The molecule has 0 saturated carbocycles. The Morgan fingerprint density at radius 2 is 2.07 bits per heavy atom. The second-order valence-corrected chi connectivity index (χ2v) is 4.56. The molecule has 0 spiro atoms. The van der Waals surface area contributed by atoms with E-state index < -0.39 is 0 Å². The molecule has 0 unspecified atom stereocenters. The van der Waals surface area contributed by atoms with Crippen molar-refractivity contribution in [3.05, 3.63) is 29.3 Å². The van der Waals surface area contributed by atoms with E-state index in [1.807, 2.05) is 12.1 Å². The number of hydrogen-bond acceptors (Lipinski definition) is 2. The van der Waals surface area contributed by atoms with Crippen molar-refractivity contribution in [3.63, 3.8) is 0 Å². The molecule has 2 saturated heterocycles. The Morgan fingerprint density at radius 3 is 2.64 bits per heavy atom. The summed E-state index contributed by atoms with van der Waals surface area (Å²) in [5.41, 5.74) is 1.31. The van der Waals surface area contributed by atoms with E-state index in [2.05, 4.69) is 22.3 Å². The summed E-state index contributed by atoms with van der Waals surface area (Å²) in [5, 5.41) is 4.32. The zero-order valence-electron chi connectivity index (χ0n) is 7.91. The van der Waals surface area contributed by atoms with Gasteiger partial charge < -0.3 is 10.2 Å². The molecular formula is C11H13ClN2. The standard InChI is InChI=1S/C11H13ClN2/c12-8-1-3-10(4-2-8)14-7-9-5-11(14)6-13-9/h1-4,9,11,13H,5-7H2/t9-,11-/m0/s1. The van der Waals surface area contributed by atoms with Gasteiger partial charge in [-0.3, -0.25) is 0 Å². The predicted octanol–water partition coefficient (Wildman–Crippen LogP) is 1.89. The van der Waals surface area contributed by atoms with Gasteiger partial charge in [-0.05, 0) is 30.7 Å². The van der Waals surface area contributed by atoms with Crippen molar-refractivity contribution in [2.75, 3.05) is 18.0 Å². The maximum absolute atomic E-state index is 5.87. The number of fused-ring (bicyclic) bond motifs is 2. The topological polar surface area (TPSA) is 15.3 Å². The normalized spacial score (nSPS) is 29.9. The molecular weight excluding hydrogens is 196 g/mol.